The lowest BCUT2D eigenvalue weighted by molar-refractivity contribution is -0.132. The third kappa shape index (κ3) is 3.12. The highest BCUT2D eigenvalue weighted by atomic mass is 16.5. The summed E-state index contributed by atoms with van der Waals surface area (Å²) in [6.45, 7) is 5.14. The van der Waals surface area contributed by atoms with Crippen LogP contribution in [0.2, 0.25) is 0 Å². The average molecular weight is 345 g/mol. The smallest absolute Gasteiger partial charge is 0.260 e. The molecule has 1 saturated carbocycles. The van der Waals surface area contributed by atoms with Crippen LogP contribution in [-0.4, -0.2) is 50.4 Å². The standard InChI is InChI=1S/C17H23N5O3/c1-10-15(11(2)21(3)19-10)24-9-14(23)22-7-6-13(8-22)17-18-16(20-25-17)12-4-5-12/h12-13H,4-9H2,1-3H3. The van der Waals surface area contributed by atoms with Gasteiger partial charge >= 0.3 is 0 Å². The van der Waals surface area contributed by atoms with Gasteiger partial charge in [-0.1, -0.05) is 5.16 Å². The van der Waals surface area contributed by atoms with Crippen LogP contribution in [0.1, 0.15) is 54.2 Å². The molecule has 4 rings (SSSR count). The van der Waals surface area contributed by atoms with E-state index in [-0.39, 0.29) is 18.4 Å². The number of rotatable bonds is 5. The Morgan fingerprint density at radius 3 is 2.76 bits per heavy atom. The number of hydrogen-bond donors (Lipinski definition) is 0. The number of amides is 1. The Bertz CT molecular complexity index is 792. The first kappa shape index (κ1) is 16.1. The van der Waals surface area contributed by atoms with E-state index in [2.05, 4.69) is 15.2 Å². The number of nitrogens with zero attached hydrogens (tertiary/aromatic N) is 5. The Kier molecular flexibility index (Phi) is 3.97. The highest BCUT2D eigenvalue weighted by molar-refractivity contribution is 5.78. The van der Waals surface area contributed by atoms with Gasteiger partial charge in [-0.2, -0.15) is 10.1 Å². The minimum Gasteiger partial charge on any atom is -0.480 e. The highest BCUT2D eigenvalue weighted by Crippen LogP contribution is 2.39. The van der Waals surface area contributed by atoms with Crippen LogP contribution in [0.3, 0.4) is 0 Å². The van der Waals surface area contributed by atoms with Crippen molar-refractivity contribution < 1.29 is 14.1 Å². The topological polar surface area (TPSA) is 86.3 Å². The third-order valence-electron chi connectivity index (χ3n) is 5.07. The SMILES string of the molecule is Cc1nn(C)c(C)c1OCC(=O)N1CCC(c2nc(C3CC3)no2)C1. The predicted molar refractivity (Wildman–Crippen MR) is 88.4 cm³/mol. The summed E-state index contributed by atoms with van der Waals surface area (Å²) in [4.78, 5) is 18.8. The molecule has 25 heavy (non-hydrogen) atoms. The second-order valence-corrected chi connectivity index (χ2v) is 7.00. The van der Waals surface area contributed by atoms with E-state index in [1.165, 1.54) is 0 Å². The molecule has 1 aliphatic carbocycles. The summed E-state index contributed by atoms with van der Waals surface area (Å²) >= 11 is 0. The normalized spacial score (nSPS) is 20.3. The third-order valence-corrected chi connectivity index (χ3v) is 5.07. The van der Waals surface area contributed by atoms with Crippen molar-refractivity contribution in [2.75, 3.05) is 19.7 Å². The second kappa shape index (κ2) is 6.16. The van der Waals surface area contributed by atoms with E-state index in [0.29, 0.717) is 30.6 Å². The summed E-state index contributed by atoms with van der Waals surface area (Å²) in [5.74, 6) is 2.77. The van der Waals surface area contributed by atoms with E-state index >= 15 is 0 Å². The molecule has 0 aromatic carbocycles. The lowest BCUT2D eigenvalue weighted by Gasteiger charge is -2.16. The van der Waals surface area contributed by atoms with Gasteiger partial charge in [-0.25, -0.2) is 0 Å². The van der Waals surface area contributed by atoms with Gasteiger partial charge in [-0.05, 0) is 33.1 Å². The Hall–Kier alpha value is -2.38. The first-order valence-corrected chi connectivity index (χ1v) is 8.77. The summed E-state index contributed by atoms with van der Waals surface area (Å²) in [5.41, 5.74) is 1.72. The quantitative estimate of drug-likeness (QED) is 0.820. The molecule has 2 aliphatic rings. The molecule has 1 aliphatic heterocycles. The Morgan fingerprint density at radius 1 is 1.28 bits per heavy atom. The van der Waals surface area contributed by atoms with Crippen LogP contribution < -0.4 is 4.74 Å². The highest BCUT2D eigenvalue weighted by Gasteiger charge is 2.34. The molecule has 8 nitrogen and oxygen atoms in total. The molecule has 2 aromatic rings. The lowest BCUT2D eigenvalue weighted by Crippen LogP contribution is -2.33. The molecule has 2 aromatic heterocycles. The molecule has 0 bridgehead atoms. The molecular weight excluding hydrogens is 322 g/mol. The van der Waals surface area contributed by atoms with Crippen LogP contribution in [0.4, 0.5) is 0 Å². The molecule has 0 N–H and O–H groups in total. The molecule has 0 spiro atoms. The first-order chi connectivity index (χ1) is 12.0. The van der Waals surface area contributed by atoms with Gasteiger partial charge in [-0.15, -0.1) is 0 Å². The van der Waals surface area contributed by atoms with Crippen LogP contribution in [0.25, 0.3) is 0 Å². The molecule has 3 heterocycles. The summed E-state index contributed by atoms with van der Waals surface area (Å²) in [5, 5.41) is 8.37. The summed E-state index contributed by atoms with van der Waals surface area (Å²) in [7, 11) is 1.86. The molecule has 2 fully saturated rings. The van der Waals surface area contributed by atoms with E-state index in [1.54, 1.807) is 4.68 Å². The lowest BCUT2D eigenvalue weighted by atomic mass is 10.1. The Labute approximate surface area is 146 Å². The van der Waals surface area contributed by atoms with Gasteiger partial charge < -0.3 is 14.2 Å². The van der Waals surface area contributed by atoms with Gasteiger partial charge in [0.05, 0.1) is 11.6 Å². The zero-order chi connectivity index (χ0) is 17.6. The molecule has 1 unspecified atom stereocenters. The predicted octanol–water partition coefficient (Wildman–Crippen LogP) is 1.69. The molecule has 0 radical (unpaired) electrons. The van der Waals surface area contributed by atoms with Crippen molar-refractivity contribution in [2.45, 2.75) is 44.9 Å². The number of hydrogen-bond acceptors (Lipinski definition) is 6. The minimum atomic E-state index is -0.0212. The fraction of sp³-hybridized carbons (Fsp3) is 0.647. The monoisotopic (exact) mass is 345 g/mol. The van der Waals surface area contributed by atoms with Crippen LogP contribution in [0.5, 0.6) is 5.75 Å². The van der Waals surface area contributed by atoms with Crippen LogP contribution >= 0.6 is 0 Å². The van der Waals surface area contributed by atoms with Crippen molar-refractivity contribution in [3.05, 3.63) is 23.1 Å². The van der Waals surface area contributed by atoms with Crippen molar-refractivity contribution in [3.63, 3.8) is 0 Å². The van der Waals surface area contributed by atoms with Gasteiger partial charge in [0, 0.05) is 26.1 Å². The average Bonchev–Trinajstić information content (AvgIpc) is 3.04. The molecule has 1 saturated heterocycles. The Morgan fingerprint density at radius 2 is 2.08 bits per heavy atom. The summed E-state index contributed by atoms with van der Waals surface area (Å²) < 4.78 is 12.9. The van der Waals surface area contributed by atoms with Crippen LogP contribution in [0.15, 0.2) is 4.52 Å². The van der Waals surface area contributed by atoms with Gasteiger partial charge in [0.15, 0.2) is 18.2 Å². The van der Waals surface area contributed by atoms with E-state index in [0.717, 1.165) is 36.5 Å². The van der Waals surface area contributed by atoms with Crippen molar-refractivity contribution in [3.8, 4) is 5.75 Å². The summed E-state index contributed by atoms with van der Waals surface area (Å²) in [6, 6.07) is 0. The number of aromatic nitrogens is 4. The molecule has 134 valence electrons. The van der Waals surface area contributed by atoms with E-state index in [4.69, 9.17) is 9.26 Å². The van der Waals surface area contributed by atoms with Crippen molar-refractivity contribution in [1.82, 2.24) is 24.8 Å². The van der Waals surface area contributed by atoms with Crippen LogP contribution in [0, 0.1) is 13.8 Å². The molecule has 1 atom stereocenters. The van der Waals surface area contributed by atoms with Crippen molar-refractivity contribution in [1.29, 1.82) is 0 Å². The zero-order valence-corrected chi connectivity index (χ0v) is 14.9. The van der Waals surface area contributed by atoms with Crippen LogP contribution in [-0.2, 0) is 11.8 Å². The van der Waals surface area contributed by atoms with Crippen molar-refractivity contribution >= 4 is 5.91 Å². The number of carbonyl (C=O) groups is 1. The van der Waals surface area contributed by atoms with Gasteiger partial charge in [-0.3, -0.25) is 9.48 Å². The van der Waals surface area contributed by atoms with Crippen molar-refractivity contribution in [2.24, 2.45) is 7.05 Å². The largest absolute Gasteiger partial charge is 0.480 e. The van der Waals surface area contributed by atoms with E-state index in [9.17, 15) is 4.79 Å². The van der Waals surface area contributed by atoms with Gasteiger partial charge in [0.2, 0.25) is 5.89 Å². The maximum absolute atomic E-state index is 12.5. The molecular formula is C17H23N5O3. The van der Waals surface area contributed by atoms with Gasteiger partial charge in [0.25, 0.3) is 5.91 Å². The Balaban J connectivity index is 1.33. The number of carbonyl (C=O) groups excluding carboxylic acids is 1. The minimum absolute atomic E-state index is 0.0212. The first-order valence-electron chi connectivity index (χ1n) is 8.77. The number of ether oxygens (including phenoxy) is 1. The maximum Gasteiger partial charge on any atom is 0.260 e. The molecule has 8 heteroatoms. The van der Waals surface area contributed by atoms with E-state index < -0.39 is 0 Å². The summed E-state index contributed by atoms with van der Waals surface area (Å²) in [6.07, 6.45) is 3.15. The van der Waals surface area contributed by atoms with Gasteiger partial charge in [0.1, 0.15) is 5.69 Å². The molecule has 1 amide bonds. The van der Waals surface area contributed by atoms with E-state index in [1.807, 2.05) is 25.8 Å². The number of likely N-dealkylation sites (tertiary alicyclic amines) is 1. The zero-order valence-electron chi connectivity index (χ0n) is 14.9. The number of aryl methyl sites for hydroxylation is 2. The fourth-order valence-corrected chi connectivity index (χ4v) is 3.30. The second-order valence-electron chi connectivity index (χ2n) is 7.00. The maximum atomic E-state index is 12.5. The fourth-order valence-electron chi connectivity index (χ4n) is 3.30.